The molecule has 20 heavy (non-hydrogen) atoms. The number of piperidine rings is 1. The molecule has 1 aromatic heterocycles. The fourth-order valence-corrected chi connectivity index (χ4v) is 2.46. The van der Waals surface area contributed by atoms with Gasteiger partial charge in [0.05, 0.1) is 17.4 Å². The maximum Gasteiger partial charge on any atom is 0.252 e. The molecular formula is C13H19N5O2. The Hall–Kier alpha value is -2.31. The molecule has 2 amide bonds. The molecule has 0 aliphatic carbocycles. The molecule has 2 heterocycles. The summed E-state index contributed by atoms with van der Waals surface area (Å²) in [5, 5.41) is 2.66. The number of hydrogen-bond donors (Lipinski definition) is 3. The third-order valence-corrected chi connectivity index (χ3v) is 3.56. The molecule has 0 saturated carbocycles. The van der Waals surface area contributed by atoms with Gasteiger partial charge in [0.2, 0.25) is 5.91 Å². The van der Waals surface area contributed by atoms with E-state index in [9.17, 15) is 9.59 Å². The average molecular weight is 277 g/mol. The summed E-state index contributed by atoms with van der Waals surface area (Å²) in [6.07, 6.45) is 2.96. The second-order valence-corrected chi connectivity index (χ2v) is 4.88. The molecular weight excluding hydrogens is 258 g/mol. The zero-order chi connectivity index (χ0) is 14.7. The van der Waals surface area contributed by atoms with Crippen molar-refractivity contribution in [3.8, 4) is 0 Å². The van der Waals surface area contributed by atoms with Crippen LogP contribution in [0.1, 0.15) is 23.2 Å². The third-order valence-electron chi connectivity index (χ3n) is 3.56. The lowest BCUT2D eigenvalue weighted by atomic mass is 9.95. The van der Waals surface area contributed by atoms with Crippen molar-refractivity contribution in [1.82, 2.24) is 10.3 Å². The first-order valence-corrected chi connectivity index (χ1v) is 6.54. The largest absolute Gasteiger partial charge is 0.397 e. The topological polar surface area (TPSA) is 114 Å². The number of nitrogens with two attached hydrogens (primary N) is 2. The van der Waals surface area contributed by atoms with Gasteiger partial charge in [-0.2, -0.15) is 0 Å². The fourth-order valence-electron chi connectivity index (χ4n) is 2.46. The molecule has 1 aromatic rings. The van der Waals surface area contributed by atoms with Crippen LogP contribution in [-0.4, -0.2) is 36.9 Å². The third kappa shape index (κ3) is 2.81. The van der Waals surface area contributed by atoms with Gasteiger partial charge >= 0.3 is 0 Å². The summed E-state index contributed by atoms with van der Waals surface area (Å²) in [7, 11) is 1.64. The van der Waals surface area contributed by atoms with Crippen molar-refractivity contribution in [1.29, 1.82) is 0 Å². The van der Waals surface area contributed by atoms with Gasteiger partial charge in [0.1, 0.15) is 5.82 Å². The Balaban J connectivity index is 2.15. The number of hydrogen-bond acceptors (Lipinski definition) is 5. The van der Waals surface area contributed by atoms with E-state index in [0.29, 0.717) is 30.2 Å². The Morgan fingerprint density at radius 1 is 1.40 bits per heavy atom. The predicted octanol–water partition coefficient (Wildman–Crippen LogP) is -0.275. The van der Waals surface area contributed by atoms with Crippen LogP contribution in [0.5, 0.6) is 0 Å². The van der Waals surface area contributed by atoms with Gasteiger partial charge in [-0.1, -0.05) is 0 Å². The van der Waals surface area contributed by atoms with Crippen LogP contribution in [-0.2, 0) is 4.79 Å². The van der Waals surface area contributed by atoms with E-state index >= 15 is 0 Å². The summed E-state index contributed by atoms with van der Waals surface area (Å²) in [5.74, 6) is 0.0716. The van der Waals surface area contributed by atoms with E-state index in [0.717, 1.165) is 12.8 Å². The van der Waals surface area contributed by atoms with Crippen molar-refractivity contribution in [2.75, 3.05) is 30.8 Å². The molecule has 1 saturated heterocycles. The highest BCUT2D eigenvalue weighted by molar-refractivity contribution is 5.98. The van der Waals surface area contributed by atoms with Crippen LogP contribution in [0.4, 0.5) is 11.5 Å². The zero-order valence-corrected chi connectivity index (χ0v) is 11.4. The van der Waals surface area contributed by atoms with Gasteiger partial charge in [-0.25, -0.2) is 4.98 Å². The number of rotatable bonds is 3. The molecule has 2 rings (SSSR count). The molecule has 1 fully saturated rings. The van der Waals surface area contributed by atoms with Crippen molar-refractivity contribution < 1.29 is 9.59 Å². The first-order chi connectivity index (χ1) is 9.52. The second kappa shape index (κ2) is 5.77. The van der Waals surface area contributed by atoms with Crippen molar-refractivity contribution in [3.05, 3.63) is 17.8 Å². The lowest BCUT2D eigenvalue weighted by Crippen LogP contribution is -2.40. The standard InChI is InChI=1S/C13H19N5O2/c1-16-13(20)8-2-4-18(5-3-8)12-10(11(15)19)6-9(14)7-17-12/h6-8H,2-5,14H2,1H3,(H2,15,19)(H,16,20). The number of nitrogens with zero attached hydrogens (tertiary/aromatic N) is 2. The second-order valence-electron chi connectivity index (χ2n) is 4.88. The highest BCUT2D eigenvalue weighted by Crippen LogP contribution is 2.25. The number of amides is 2. The molecule has 0 aromatic carbocycles. The van der Waals surface area contributed by atoms with Crippen LogP contribution in [0.2, 0.25) is 0 Å². The first kappa shape index (κ1) is 14.1. The zero-order valence-electron chi connectivity index (χ0n) is 11.4. The Morgan fingerprint density at radius 2 is 2.05 bits per heavy atom. The van der Waals surface area contributed by atoms with E-state index in [1.54, 1.807) is 7.05 Å². The smallest absolute Gasteiger partial charge is 0.252 e. The van der Waals surface area contributed by atoms with Gasteiger partial charge in [0, 0.05) is 26.1 Å². The van der Waals surface area contributed by atoms with Crippen LogP contribution in [0.3, 0.4) is 0 Å². The summed E-state index contributed by atoms with van der Waals surface area (Å²) >= 11 is 0. The van der Waals surface area contributed by atoms with Crippen molar-refractivity contribution in [2.45, 2.75) is 12.8 Å². The van der Waals surface area contributed by atoms with E-state index in [1.165, 1.54) is 12.3 Å². The van der Waals surface area contributed by atoms with Crippen LogP contribution >= 0.6 is 0 Å². The number of nitrogens with one attached hydrogen (secondary N) is 1. The Bertz CT molecular complexity index is 523. The first-order valence-electron chi connectivity index (χ1n) is 6.54. The number of aromatic nitrogens is 1. The number of nitrogen functional groups attached to an aromatic ring is 1. The molecule has 0 atom stereocenters. The molecule has 7 nitrogen and oxygen atoms in total. The SMILES string of the molecule is CNC(=O)C1CCN(c2ncc(N)cc2C(N)=O)CC1. The summed E-state index contributed by atoms with van der Waals surface area (Å²) < 4.78 is 0. The minimum Gasteiger partial charge on any atom is -0.397 e. The number of pyridine rings is 1. The highest BCUT2D eigenvalue weighted by Gasteiger charge is 2.26. The van der Waals surface area contributed by atoms with Crippen LogP contribution in [0, 0.1) is 5.92 Å². The van der Waals surface area contributed by atoms with E-state index < -0.39 is 5.91 Å². The van der Waals surface area contributed by atoms with Gasteiger partial charge in [0.25, 0.3) is 5.91 Å². The lowest BCUT2D eigenvalue weighted by Gasteiger charge is -2.32. The summed E-state index contributed by atoms with van der Waals surface area (Å²) in [4.78, 5) is 29.2. The number of carbonyl (C=O) groups excluding carboxylic acids is 2. The number of anilines is 2. The molecule has 108 valence electrons. The minimum absolute atomic E-state index is 0.0158. The normalized spacial score (nSPS) is 15.9. The number of primary amides is 1. The molecule has 0 radical (unpaired) electrons. The van der Waals surface area contributed by atoms with Gasteiger partial charge in [-0.05, 0) is 18.9 Å². The van der Waals surface area contributed by atoms with Crippen LogP contribution in [0.25, 0.3) is 0 Å². The Morgan fingerprint density at radius 3 is 2.60 bits per heavy atom. The van der Waals surface area contributed by atoms with Crippen LogP contribution < -0.4 is 21.7 Å². The van der Waals surface area contributed by atoms with Gasteiger partial charge in [0.15, 0.2) is 0 Å². The predicted molar refractivity (Wildman–Crippen MR) is 76.2 cm³/mol. The lowest BCUT2D eigenvalue weighted by molar-refractivity contribution is -0.125. The molecule has 5 N–H and O–H groups in total. The molecule has 1 aliphatic heterocycles. The molecule has 0 bridgehead atoms. The fraction of sp³-hybridized carbons (Fsp3) is 0.462. The van der Waals surface area contributed by atoms with Crippen molar-refractivity contribution >= 4 is 23.3 Å². The summed E-state index contributed by atoms with van der Waals surface area (Å²) in [6, 6.07) is 1.54. The van der Waals surface area contributed by atoms with Gasteiger partial charge in [-0.15, -0.1) is 0 Å². The van der Waals surface area contributed by atoms with E-state index in [-0.39, 0.29) is 11.8 Å². The maximum absolute atomic E-state index is 11.6. The highest BCUT2D eigenvalue weighted by atomic mass is 16.2. The van der Waals surface area contributed by atoms with Crippen molar-refractivity contribution in [2.24, 2.45) is 11.7 Å². The van der Waals surface area contributed by atoms with Gasteiger partial charge in [-0.3, -0.25) is 9.59 Å². The monoisotopic (exact) mass is 277 g/mol. The molecule has 1 aliphatic rings. The summed E-state index contributed by atoms with van der Waals surface area (Å²) in [6.45, 7) is 1.32. The van der Waals surface area contributed by atoms with Gasteiger partial charge < -0.3 is 21.7 Å². The molecule has 0 spiro atoms. The summed E-state index contributed by atoms with van der Waals surface area (Å²) in [5.41, 5.74) is 11.7. The quantitative estimate of drug-likeness (QED) is 0.703. The minimum atomic E-state index is -0.548. The molecule has 0 unspecified atom stereocenters. The van der Waals surface area contributed by atoms with Crippen molar-refractivity contribution in [3.63, 3.8) is 0 Å². The molecule has 7 heteroatoms. The van der Waals surface area contributed by atoms with E-state index in [2.05, 4.69) is 10.3 Å². The average Bonchev–Trinajstić information content (AvgIpc) is 2.46. The van der Waals surface area contributed by atoms with Crippen LogP contribution in [0.15, 0.2) is 12.3 Å². The van der Waals surface area contributed by atoms with E-state index in [1.807, 2.05) is 4.90 Å². The number of carbonyl (C=O) groups is 2. The Kier molecular flexibility index (Phi) is 4.07. The maximum atomic E-state index is 11.6. The van der Waals surface area contributed by atoms with E-state index in [4.69, 9.17) is 11.5 Å². The Labute approximate surface area is 117 Å².